The van der Waals surface area contributed by atoms with Crippen LogP contribution in [0.1, 0.15) is 32.8 Å². The van der Waals surface area contributed by atoms with Gasteiger partial charge in [-0.1, -0.05) is 20.8 Å². The molecular weight excluding hydrogens is 280 g/mol. The predicted octanol–water partition coefficient (Wildman–Crippen LogP) is 3.70. The summed E-state index contributed by atoms with van der Waals surface area (Å²) in [7, 11) is 0. The first-order valence-corrected chi connectivity index (χ1v) is 6.21. The van der Waals surface area contributed by atoms with Gasteiger partial charge in [0.1, 0.15) is 0 Å². The van der Waals surface area contributed by atoms with Crippen LogP contribution in [0.25, 0.3) is 0 Å². The van der Waals surface area contributed by atoms with Crippen molar-refractivity contribution in [2.75, 3.05) is 5.32 Å². The third-order valence-electron chi connectivity index (χ3n) is 2.84. The lowest BCUT2D eigenvalue weighted by atomic mass is 9.89. The Kier molecular flexibility index (Phi) is 4.30. The summed E-state index contributed by atoms with van der Waals surface area (Å²) >= 11 is 3.34. The quantitative estimate of drug-likeness (QED) is 0.924. The minimum atomic E-state index is -0.395. The minimum absolute atomic E-state index is 0.0228. The molecule has 17 heavy (non-hydrogen) atoms. The van der Waals surface area contributed by atoms with Gasteiger partial charge in [-0.2, -0.15) is 5.26 Å². The Bertz CT molecular complexity index is 475. The highest BCUT2D eigenvalue weighted by Crippen LogP contribution is 2.27. The zero-order valence-corrected chi connectivity index (χ0v) is 11.8. The van der Waals surface area contributed by atoms with Gasteiger partial charge in [0.2, 0.25) is 5.91 Å². The van der Waals surface area contributed by atoms with Gasteiger partial charge in [-0.05, 0) is 40.5 Å². The molecule has 4 heteroatoms. The van der Waals surface area contributed by atoms with E-state index in [1.54, 1.807) is 18.2 Å². The Balaban J connectivity index is 2.91. The van der Waals surface area contributed by atoms with Crippen molar-refractivity contribution in [3.63, 3.8) is 0 Å². The second-order valence-corrected chi connectivity index (χ2v) is 5.35. The van der Waals surface area contributed by atoms with Gasteiger partial charge in [-0.25, -0.2) is 0 Å². The maximum Gasteiger partial charge on any atom is 0.230 e. The van der Waals surface area contributed by atoms with Crippen LogP contribution in [0.4, 0.5) is 5.69 Å². The maximum absolute atomic E-state index is 12.0. The van der Waals surface area contributed by atoms with Crippen molar-refractivity contribution in [1.82, 2.24) is 0 Å². The Labute approximate surface area is 110 Å². The Morgan fingerprint density at radius 1 is 1.53 bits per heavy atom. The average molecular weight is 295 g/mol. The fourth-order valence-electron chi connectivity index (χ4n) is 1.14. The first-order chi connectivity index (χ1) is 7.90. The molecule has 1 aromatic rings. The summed E-state index contributed by atoms with van der Waals surface area (Å²) in [4.78, 5) is 12.0. The smallest absolute Gasteiger partial charge is 0.230 e. The standard InChI is InChI=1S/C13H15BrN2O/c1-4-13(2,3)12(17)16-11-6-5-9(8-15)7-10(11)14/h5-7H,4H2,1-3H3,(H,16,17). The molecule has 90 valence electrons. The van der Waals surface area contributed by atoms with E-state index >= 15 is 0 Å². The van der Waals surface area contributed by atoms with E-state index in [0.717, 1.165) is 10.9 Å². The molecular formula is C13H15BrN2O. The summed E-state index contributed by atoms with van der Waals surface area (Å²) in [6.45, 7) is 5.78. The minimum Gasteiger partial charge on any atom is -0.325 e. The number of carbonyl (C=O) groups excluding carboxylic acids is 1. The van der Waals surface area contributed by atoms with Crippen LogP contribution in [0, 0.1) is 16.7 Å². The molecule has 0 saturated heterocycles. The van der Waals surface area contributed by atoms with Crippen molar-refractivity contribution < 1.29 is 4.79 Å². The molecule has 0 aromatic heterocycles. The normalized spacial score (nSPS) is 10.8. The number of nitriles is 1. The Morgan fingerprint density at radius 3 is 2.65 bits per heavy atom. The molecule has 0 aliphatic carbocycles. The number of carbonyl (C=O) groups is 1. The molecule has 1 N–H and O–H groups in total. The van der Waals surface area contributed by atoms with E-state index in [1.165, 1.54) is 0 Å². The lowest BCUT2D eigenvalue weighted by molar-refractivity contribution is -0.124. The van der Waals surface area contributed by atoms with E-state index < -0.39 is 5.41 Å². The second kappa shape index (κ2) is 5.33. The van der Waals surface area contributed by atoms with Crippen LogP contribution < -0.4 is 5.32 Å². The van der Waals surface area contributed by atoms with Crippen molar-refractivity contribution in [2.45, 2.75) is 27.2 Å². The van der Waals surface area contributed by atoms with Gasteiger partial charge in [0.25, 0.3) is 0 Å². The number of hydrogen-bond acceptors (Lipinski definition) is 2. The predicted molar refractivity (Wildman–Crippen MR) is 71.6 cm³/mol. The van der Waals surface area contributed by atoms with Crippen LogP contribution in [-0.2, 0) is 4.79 Å². The van der Waals surface area contributed by atoms with E-state index in [2.05, 4.69) is 21.2 Å². The Hall–Kier alpha value is -1.34. The summed E-state index contributed by atoms with van der Waals surface area (Å²) in [6, 6.07) is 7.14. The molecule has 0 unspecified atom stereocenters. The number of nitrogens with one attached hydrogen (secondary N) is 1. The highest BCUT2D eigenvalue weighted by molar-refractivity contribution is 9.10. The maximum atomic E-state index is 12.0. The van der Waals surface area contributed by atoms with Crippen LogP contribution in [0.15, 0.2) is 22.7 Å². The fraction of sp³-hybridized carbons (Fsp3) is 0.385. The van der Waals surface area contributed by atoms with Crippen molar-refractivity contribution in [2.24, 2.45) is 5.41 Å². The summed E-state index contributed by atoms with van der Waals surface area (Å²) in [6.07, 6.45) is 0.771. The molecule has 1 amide bonds. The van der Waals surface area contributed by atoms with Gasteiger partial charge in [-0.15, -0.1) is 0 Å². The van der Waals surface area contributed by atoms with Crippen molar-refractivity contribution in [3.05, 3.63) is 28.2 Å². The molecule has 3 nitrogen and oxygen atoms in total. The largest absolute Gasteiger partial charge is 0.325 e. The highest BCUT2D eigenvalue weighted by atomic mass is 79.9. The molecule has 0 bridgehead atoms. The lowest BCUT2D eigenvalue weighted by Gasteiger charge is -2.21. The molecule has 0 atom stereocenters. The first-order valence-electron chi connectivity index (χ1n) is 5.42. The van der Waals surface area contributed by atoms with Crippen LogP contribution in [0.2, 0.25) is 0 Å². The van der Waals surface area contributed by atoms with Crippen LogP contribution >= 0.6 is 15.9 Å². The summed E-state index contributed by atoms with van der Waals surface area (Å²) in [5.74, 6) is -0.0228. The molecule has 0 spiro atoms. The molecule has 0 heterocycles. The molecule has 0 fully saturated rings. The van der Waals surface area contributed by atoms with Crippen LogP contribution in [0.5, 0.6) is 0 Å². The zero-order chi connectivity index (χ0) is 13.1. The summed E-state index contributed by atoms with van der Waals surface area (Å²) in [5.41, 5.74) is 0.855. The number of anilines is 1. The number of nitrogens with zero attached hydrogens (tertiary/aromatic N) is 1. The zero-order valence-electron chi connectivity index (χ0n) is 10.2. The molecule has 0 aliphatic heterocycles. The van der Waals surface area contributed by atoms with E-state index in [9.17, 15) is 4.79 Å². The van der Waals surface area contributed by atoms with Gasteiger partial charge in [0, 0.05) is 9.89 Å². The second-order valence-electron chi connectivity index (χ2n) is 4.50. The van der Waals surface area contributed by atoms with Gasteiger partial charge < -0.3 is 5.32 Å². The molecule has 0 saturated carbocycles. The molecule has 0 radical (unpaired) electrons. The van der Waals surface area contributed by atoms with Crippen molar-refractivity contribution >= 4 is 27.5 Å². The number of halogens is 1. The Morgan fingerprint density at radius 2 is 2.18 bits per heavy atom. The average Bonchev–Trinajstić information content (AvgIpc) is 2.31. The third-order valence-corrected chi connectivity index (χ3v) is 3.50. The molecule has 1 aromatic carbocycles. The summed E-state index contributed by atoms with van der Waals surface area (Å²) < 4.78 is 0.719. The third kappa shape index (κ3) is 3.31. The number of benzene rings is 1. The molecule has 1 rings (SSSR count). The number of hydrogen-bond donors (Lipinski definition) is 1. The number of rotatable bonds is 3. The van der Waals surface area contributed by atoms with Gasteiger partial charge in [0.05, 0.1) is 17.3 Å². The molecule has 0 aliphatic rings. The van der Waals surface area contributed by atoms with Crippen LogP contribution in [-0.4, -0.2) is 5.91 Å². The van der Waals surface area contributed by atoms with Gasteiger partial charge >= 0.3 is 0 Å². The van der Waals surface area contributed by atoms with E-state index in [4.69, 9.17) is 5.26 Å². The van der Waals surface area contributed by atoms with Crippen molar-refractivity contribution in [1.29, 1.82) is 5.26 Å². The number of amides is 1. The van der Waals surface area contributed by atoms with Crippen LogP contribution in [0.3, 0.4) is 0 Å². The van der Waals surface area contributed by atoms with Gasteiger partial charge in [-0.3, -0.25) is 4.79 Å². The highest BCUT2D eigenvalue weighted by Gasteiger charge is 2.25. The SMILES string of the molecule is CCC(C)(C)C(=O)Nc1ccc(C#N)cc1Br. The van der Waals surface area contributed by atoms with E-state index in [-0.39, 0.29) is 5.91 Å². The summed E-state index contributed by atoms with van der Waals surface area (Å²) in [5, 5.41) is 11.6. The lowest BCUT2D eigenvalue weighted by Crippen LogP contribution is -2.30. The van der Waals surface area contributed by atoms with Gasteiger partial charge in [0.15, 0.2) is 0 Å². The monoisotopic (exact) mass is 294 g/mol. The van der Waals surface area contributed by atoms with E-state index in [0.29, 0.717) is 11.3 Å². The van der Waals surface area contributed by atoms with Crippen molar-refractivity contribution in [3.8, 4) is 6.07 Å². The topological polar surface area (TPSA) is 52.9 Å². The first kappa shape index (κ1) is 13.7. The fourth-order valence-corrected chi connectivity index (χ4v) is 1.62. The van der Waals surface area contributed by atoms with E-state index in [1.807, 2.05) is 26.8 Å².